The SMILES string of the molecule is CS(=O)(=O)c1c[nH]c2cc(OC(F)(F)F)ccc12. The van der Waals surface area contributed by atoms with Gasteiger partial charge in [-0.15, -0.1) is 13.2 Å². The van der Waals surface area contributed by atoms with Gasteiger partial charge in [0.15, 0.2) is 9.84 Å². The van der Waals surface area contributed by atoms with Gasteiger partial charge in [-0.2, -0.15) is 0 Å². The van der Waals surface area contributed by atoms with E-state index in [1.165, 1.54) is 12.3 Å². The number of rotatable bonds is 2. The topological polar surface area (TPSA) is 59.2 Å². The molecule has 2 aromatic rings. The van der Waals surface area contributed by atoms with E-state index in [1.54, 1.807) is 0 Å². The minimum absolute atomic E-state index is 0.0380. The highest BCUT2D eigenvalue weighted by molar-refractivity contribution is 7.91. The lowest BCUT2D eigenvalue weighted by molar-refractivity contribution is -0.274. The fraction of sp³-hybridized carbons (Fsp3) is 0.200. The lowest BCUT2D eigenvalue weighted by Gasteiger charge is -2.08. The smallest absolute Gasteiger partial charge is 0.406 e. The van der Waals surface area contributed by atoms with Gasteiger partial charge in [0, 0.05) is 23.9 Å². The Morgan fingerprint density at radius 2 is 1.94 bits per heavy atom. The maximum absolute atomic E-state index is 12.0. The molecular formula is C10H8F3NO3S. The Hall–Kier alpha value is -1.70. The minimum atomic E-state index is -4.78. The maximum Gasteiger partial charge on any atom is 0.573 e. The third-order valence-corrected chi connectivity index (χ3v) is 3.39. The predicted octanol–water partition coefficient (Wildman–Crippen LogP) is 2.47. The summed E-state index contributed by atoms with van der Waals surface area (Å²) >= 11 is 0. The van der Waals surface area contributed by atoms with Gasteiger partial charge in [0.1, 0.15) is 5.75 Å². The number of benzene rings is 1. The summed E-state index contributed by atoms with van der Waals surface area (Å²) in [5, 5.41) is 0.326. The number of aromatic amines is 1. The number of halogens is 3. The molecule has 8 heteroatoms. The van der Waals surface area contributed by atoms with Gasteiger partial charge in [0.2, 0.25) is 0 Å². The first-order valence-electron chi connectivity index (χ1n) is 4.74. The Labute approximate surface area is 100 Å². The van der Waals surface area contributed by atoms with Gasteiger partial charge < -0.3 is 9.72 Å². The summed E-state index contributed by atoms with van der Waals surface area (Å²) in [6.45, 7) is 0. The van der Waals surface area contributed by atoms with Crippen LogP contribution in [0.3, 0.4) is 0 Å². The van der Waals surface area contributed by atoms with Crippen molar-refractivity contribution in [3.8, 4) is 5.75 Å². The summed E-state index contributed by atoms with van der Waals surface area (Å²) in [6.07, 6.45) is -2.52. The molecule has 0 saturated carbocycles. The van der Waals surface area contributed by atoms with E-state index in [4.69, 9.17) is 0 Å². The fourth-order valence-electron chi connectivity index (χ4n) is 1.58. The van der Waals surface area contributed by atoms with Crippen molar-refractivity contribution in [2.24, 2.45) is 0 Å². The second-order valence-electron chi connectivity index (χ2n) is 3.68. The molecule has 0 spiro atoms. The number of hydrogen-bond donors (Lipinski definition) is 1. The van der Waals surface area contributed by atoms with Crippen LogP contribution in [-0.2, 0) is 9.84 Å². The second-order valence-corrected chi connectivity index (χ2v) is 5.66. The molecule has 0 saturated heterocycles. The number of alkyl halides is 3. The zero-order valence-electron chi connectivity index (χ0n) is 9.08. The molecular weight excluding hydrogens is 271 g/mol. The van der Waals surface area contributed by atoms with E-state index in [2.05, 4.69) is 9.72 Å². The van der Waals surface area contributed by atoms with E-state index in [0.717, 1.165) is 18.4 Å². The molecule has 0 unspecified atom stereocenters. The van der Waals surface area contributed by atoms with Crippen LogP contribution in [0.1, 0.15) is 0 Å². The molecule has 0 atom stereocenters. The van der Waals surface area contributed by atoms with Crippen molar-refractivity contribution in [3.63, 3.8) is 0 Å². The summed E-state index contributed by atoms with van der Waals surface area (Å²) < 4.78 is 62.5. The number of hydrogen-bond acceptors (Lipinski definition) is 3. The lowest BCUT2D eigenvalue weighted by Crippen LogP contribution is -2.16. The Bertz CT molecular complexity index is 688. The third kappa shape index (κ3) is 2.58. The molecule has 0 aliphatic heterocycles. The second kappa shape index (κ2) is 3.91. The zero-order chi connectivity index (χ0) is 13.6. The monoisotopic (exact) mass is 279 g/mol. The minimum Gasteiger partial charge on any atom is -0.406 e. The van der Waals surface area contributed by atoms with Crippen molar-refractivity contribution in [2.75, 3.05) is 6.26 Å². The average Bonchev–Trinajstić information content (AvgIpc) is 2.56. The van der Waals surface area contributed by atoms with E-state index < -0.39 is 21.9 Å². The van der Waals surface area contributed by atoms with Crippen LogP contribution in [0, 0.1) is 0 Å². The Kier molecular flexibility index (Phi) is 2.77. The molecule has 0 fully saturated rings. The Morgan fingerprint density at radius 1 is 1.28 bits per heavy atom. The molecule has 0 radical (unpaired) electrons. The number of sulfone groups is 1. The quantitative estimate of drug-likeness (QED) is 0.918. The molecule has 1 N–H and O–H groups in total. The van der Waals surface area contributed by atoms with Crippen molar-refractivity contribution in [1.29, 1.82) is 0 Å². The van der Waals surface area contributed by atoms with Crippen molar-refractivity contribution in [3.05, 3.63) is 24.4 Å². The molecule has 98 valence electrons. The summed E-state index contributed by atoms with van der Waals surface area (Å²) in [7, 11) is -3.43. The molecule has 2 rings (SSSR count). The van der Waals surface area contributed by atoms with Crippen molar-refractivity contribution < 1.29 is 26.3 Å². The van der Waals surface area contributed by atoms with Crippen LogP contribution in [-0.4, -0.2) is 26.0 Å². The normalized spacial score (nSPS) is 12.9. The summed E-state index contributed by atoms with van der Waals surface area (Å²) in [5.74, 6) is -0.406. The van der Waals surface area contributed by atoms with E-state index in [-0.39, 0.29) is 10.4 Å². The van der Waals surface area contributed by atoms with Crippen LogP contribution in [0.4, 0.5) is 13.2 Å². The lowest BCUT2D eigenvalue weighted by atomic mass is 10.2. The van der Waals surface area contributed by atoms with E-state index in [9.17, 15) is 21.6 Å². The number of fused-ring (bicyclic) bond motifs is 1. The highest BCUT2D eigenvalue weighted by atomic mass is 32.2. The first-order valence-corrected chi connectivity index (χ1v) is 6.63. The summed E-state index contributed by atoms with van der Waals surface area (Å²) in [6, 6.07) is 3.43. The van der Waals surface area contributed by atoms with Crippen LogP contribution in [0.25, 0.3) is 10.9 Å². The zero-order valence-corrected chi connectivity index (χ0v) is 9.89. The van der Waals surface area contributed by atoms with Crippen LogP contribution < -0.4 is 4.74 Å². The van der Waals surface area contributed by atoms with Crippen LogP contribution in [0.2, 0.25) is 0 Å². The molecule has 0 amide bonds. The fourth-order valence-corrected chi connectivity index (χ4v) is 2.43. The van der Waals surface area contributed by atoms with Gasteiger partial charge in [0.25, 0.3) is 0 Å². The van der Waals surface area contributed by atoms with Gasteiger partial charge in [-0.25, -0.2) is 8.42 Å². The standard InChI is InChI=1S/C10H8F3NO3S/c1-18(15,16)9-5-14-8-4-6(2-3-7(8)9)17-10(11,12)13/h2-5,14H,1H3. The molecule has 1 aromatic heterocycles. The molecule has 0 aliphatic carbocycles. The van der Waals surface area contributed by atoms with Crippen LogP contribution in [0.5, 0.6) is 5.75 Å². The van der Waals surface area contributed by atoms with E-state index in [1.807, 2.05) is 0 Å². The third-order valence-electron chi connectivity index (χ3n) is 2.25. The predicted molar refractivity (Wildman–Crippen MR) is 58.1 cm³/mol. The Balaban J connectivity index is 2.50. The number of aromatic nitrogens is 1. The van der Waals surface area contributed by atoms with Gasteiger partial charge >= 0.3 is 6.36 Å². The van der Waals surface area contributed by atoms with Crippen LogP contribution in [0.15, 0.2) is 29.3 Å². The molecule has 0 bridgehead atoms. The van der Waals surface area contributed by atoms with Gasteiger partial charge in [-0.3, -0.25) is 0 Å². The number of ether oxygens (including phenoxy) is 1. The highest BCUT2D eigenvalue weighted by Gasteiger charge is 2.31. The highest BCUT2D eigenvalue weighted by Crippen LogP contribution is 2.29. The molecule has 4 nitrogen and oxygen atoms in total. The van der Waals surface area contributed by atoms with Gasteiger partial charge in [-0.05, 0) is 12.1 Å². The first kappa shape index (κ1) is 12.7. The number of H-pyrrole nitrogens is 1. The van der Waals surface area contributed by atoms with Crippen LogP contribution >= 0.6 is 0 Å². The maximum atomic E-state index is 12.0. The average molecular weight is 279 g/mol. The molecule has 1 heterocycles. The van der Waals surface area contributed by atoms with Crippen molar-refractivity contribution in [1.82, 2.24) is 4.98 Å². The number of nitrogens with one attached hydrogen (secondary N) is 1. The summed E-state index contributed by atoms with van der Waals surface area (Å²) in [4.78, 5) is 2.63. The molecule has 0 aliphatic rings. The largest absolute Gasteiger partial charge is 0.573 e. The van der Waals surface area contributed by atoms with E-state index >= 15 is 0 Å². The van der Waals surface area contributed by atoms with E-state index in [0.29, 0.717) is 5.39 Å². The molecule has 1 aromatic carbocycles. The first-order chi connectivity index (χ1) is 8.17. The Morgan fingerprint density at radius 3 is 2.50 bits per heavy atom. The van der Waals surface area contributed by atoms with Gasteiger partial charge in [-0.1, -0.05) is 0 Å². The van der Waals surface area contributed by atoms with Crippen molar-refractivity contribution >= 4 is 20.7 Å². The molecule has 18 heavy (non-hydrogen) atoms. The van der Waals surface area contributed by atoms with Gasteiger partial charge in [0.05, 0.1) is 10.4 Å². The summed E-state index contributed by atoms with van der Waals surface area (Å²) in [5.41, 5.74) is 0.261. The van der Waals surface area contributed by atoms with Crippen molar-refractivity contribution in [2.45, 2.75) is 11.3 Å².